The molecular formula is C20H30O2Si. The zero-order valence-corrected chi connectivity index (χ0v) is 16.1. The maximum Gasteiger partial charge on any atom is 0.118 e. The fraction of sp³-hybridized carbons (Fsp3) is 0.400. The van der Waals surface area contributed by atoms with E-state index in [0.29, 0.717) is 0 Å². The van der Waals surface area contributed by atoms with Crippen LogP contribution in [-0.4, -0.2) is 22.3 Å². The van der Waals surface area contributed by atoms with Crippen LogP contribution in [-0.2, 0) is 0 Å². The first-order valence-electron chi connectivity index (χ1n) is 8.39. The van der Waals surface area contributed by atoms with E-state index < -0.39 is 8.07 Å². The third-order valence-electron chi connectivity index (χ3n) is 4.69. The molecule has 0 radical (unpaired) electrons. The van der Waals surface area contributed by atoms with Crippen molar-refractivity contribution in [3.8, 4) is 11.5 Å². The Balaban J connectivity index is 0.000000277. The standard InChI is InChI=1S/C13H22OSi.C7H8O/c1-5-15(6-2,7-3)13-11-9-8-10-12(13)14-4;1-8-7-5-3-2-4-6-7/h8-11H,5-7H2,1-4H3;2-6H,1H3. The minimum Gasteiger partial charge on any atom is -0.497 e. The van der Waals surface area contributed by atoms with Crippen LogP contribution in [0.1, 0.15) is 20.8 Å². The van der Waals surface area contributed by atoms with Gasteiger partial charge in [0.25, 0.3) is 0 Å². The maximum atomic E-state index is 5.49. The molecule has 2 nitrogen and oxygen atoms in total. The minimum atomic E-state index is -1.28. The molecule has 0 heterocycles. The predicted octanol–water partition coefficient (Wildman–Crippen LogP) is 5.11. The van der Waals surface area contributed by atoms with E-state index in [4.69, 9.17) is 9.47 Å². The number of methoxy groups -OCH3 is 2. The molecule has 0 aliphatic rings. The average molecular weight is 331 g/mol. The number of rotatable bonds is 6. The Morgan fingerprint density at radius 3 is 1.65 bits per heavy atom. The van der Waals surface area contributed by atoms with Gasteiger partial charge in [-0.1, -0.05) is 75.3 Å². The van der Waals surface area contributed by atoms with Crippen LogP contribution >= 0.6 is 0 Å². The van der Waals surface area contributed by atoms with Gasteiger partial charge in [-0.2, -0.15) is 0 Å². The molecule has 0 aliphatic carbocycles. The smallest absolute Gasteiger partial charge is 0.118 e. The van der Waals surface area contributed by atoms with Crippen LogP contribution in [0, 0.1) is 0 Å². The Hall–Kier alpha value is -1.74. The Kier molecular flexibility index (Phi) is 8.49. The van der Waals surface area contributed by atoms with Crippen LogP contribution in [0.2, 0.25) is 18.1 Å². The van der Waals surface area contributed by atoms with Gasteiger partial charge < -0.3 is 9.47 Å². The zero-order valence-electron chi connectivity index (χ0n) is 15.1. The SMILES string of the molecule is CC[Si](CC)(CC)c1ccccc1OC.COc1ccccc1. The molecule has 2 rings (SSSR count). The van der Waals surface area contributed by atoms with Crippen LogP contribution in [0.4, 0.5) is 0 Å². The highest BCUT2D eigenvalue weighted by Gasteiger charge is 2.31. The lowest BCUT2D eigenvalue weighted by molar-refractivity contribution is 0.415. The van der Waals surface area contributed by atoms with E-state index in [1.165, 1.54) is 23.3 Å². The van der Waals surface area contributed by atoms with Gasteiger partial charge in [-0.25, -0.2) is 0 Å². The molecular weight excluding hydrogens is 300 g/mol. The van der Waals surface area contributed by atoms with Gasteiger partial charge in [-0.15, -0.1) is 0 Å². The molecule has 126 valence electrons. The van der Waals surface area contributed by atoms with Crippen LogP contribution in [0.15, 0.2) is 54.6 Å². The molecule has 2 aromatic rings. The summed E-state index contributed by atoms with van der Waals surface area (Å²) in [7, 11) is 2.15. The van der Waals surface area contributed by atoms with Gasteiger partial charge in [0, 0.05) is 0 Å². The second kappa shape index (κ2) is 10.1. The van der Waals surface area contributed by atoms with E-state index in [1.54, 1.807) is 14.2 Å². The molecule has 0 aromatic heterocycles. The van der Waals surface area contributed by atoms with Crippen molar-refractivity contribution in [3.05, 3.63) is 54.6 Å². The van der Waals surface area contributed by atoms with E-state index in [-0.39, 0.29) is 0 Å². The van der Waals surface area contributed by atoms with Crippen molar-refractivity contribution in [2.45, 2.75) is 38.9 Å². The normalized spacial score (nSPS) is 10.5. The van der Waals surface area contributed by atoms with Crippen LogP contribution in [0.5, 0.6) is 11.5 Å². The lowest BCUT2D eigenvalue weighted by atomic mass is 10.3. The molecule has 0 fully saturated rings. The molecule has 0 saturated heterocycles. The molecule has 0 N–H and O–H groups in total. The third kappa shape index (κ3) is 5.14. The van der Waals surface area contributed by atoms with Crippen molar-refractivity contribution in [1.82, 2.24) is 0 Å². The molecule has 3 heteroatoms. The van der Waals surface area contributed by atoms with Gasteiger partial charge in [-0.05, 0) is 23.4 Å². The van der Waals surface area contributed by atoms with Crippen molar-refractivity contribution < 1.29 is 9.47 Å². The highest BCUT2D eigenvalue weighted by molar-refractivity contribution is 6.92. The lowest BCUT2D eigenvalue weighted by Gasteiger charge is -2.30. The number of hydrogen-bond donors (Lipinski definition) is 0. The zero-order chi connectivity index (χ0) is 17.1. The number of hydrogen-bond acceptors (Lipinski definition) is 2. The van der Waals surface area contributed by atoms with Gasteiger partial charge in [-0.3, -0.25) is 0 Å². The molecule has 2 aromatic carbocycles. The van der Waals surface area contributed by atoms with Gasteiger partial charge in [0.05, 0.1) is 22.3 Å². The van der Waals surface area contributed by atoms with Crippen molar-refractivity contribution >= 4 is 13.3 Å². The highest BCUT2D eigenvalue weighted by Crippen LogP contribution is 2.24. The monoisotopic (exact) mass is 330 g/mol. The summed E-state index contributed by atoms with van der Waals surface area (Å²) >= 11 is 0. The molecule has 0 saturated carbocycles. The van der Waals surface area contributed by atoms with E-state index in [9.17, 15) is 0 Å². The summed E-state index contributed by atoms with van der Waals surface area (Å²) in [6, 6.07) is 22.2. The predicted molar refractivity (Wildman–Crippen MR) is 103 cm³/mol. The van der Waals surface area contributed by atoms with Gasteiger partial charge in [0.1, 0.15) is 11.5 Å². The number of para-hydroxylation sites is 2. The lowest BCUT2D eigenvalue weighted by Crippen LogP contribution is -2.46. The maximum absolute atomic E-state index is 5.49. The third-order valence-corrected chi connectivity index (χ3v) is 10.3. The quantitative estimate of drug-likeness (QED) is 0.686. The molecule has 0 bridgehead atoms. The first-order valence-corrected chi connectivity index (χ1v) is 11.0. The highest BCUT2D eigenvalue weighted by atomic mass is 28.3. The molecule has 0 atom stereocenters. The molecule has 23 heavy (non-hydrogen) atoms. The Morgan fingerprint density at radius 1 is 0.696 bits per heavy atom. The van der Waals surface area contributed by atoms with Gasteiger partial charge in [0.2, 0.25) is 0 Å². The number of ether oxygens (including phenoxy) is 2. The summed E-state index contributed by atoms with van der Waals surface area (Å²) in [6.07, 6.45) is 0. The largest absolute Gasteiger partial charge is 0.497 e. The van der Waals surface area contributed by atoms with Gasteiger partial charge in [0.15, 0.2) is 0 Å². The topological polar surface area (TPSA) is 18.5 Å². The molecule has 0 spiro atoms. The van der Waals surface area contributed by atoms with Crippen LogP contribution < -0.4 is 14.7 Å². The fourth-order valence-corrected chi connectivity index (χ4v) is 6.76. The summed E-state index contributed by atoms with van der Waals surface area (Å²) in [5.74, 6) is 2.00. The Labute approximate surface area is 142 Å². The summed E-state index contributed by atoms with van der Waals surface area (Å²) in [4.78, 5) is 0. The number of benzene rings is 2. The van der Waals surface area contributed by atoms with E-state index in [0.717, 1.165) is 11.5 Å². The van der Waals surface area contributed by atoms with Crippen LogP contribution in [0.25, 0.3) is 0 Å². The molecule has 0 aliphatic heterocycles. The second-order valence-corrected chi connectivity index (χ2v) is 10.8. The van der Waals surface area contributed by atoms with Crippen molar-refractivity contribution in [3.63, 3.8) is 0 Å². The van der Waals surface area contributed by atoms with E-state index in [2.05, 4.69) is 45.0 Å². The van der Waals surface area contributed by atoms with E-state index in [1.807, 2.05) is 30.3 Å². The van der Waals surface area contributed by atoms with Crippen molar-refractivity contribution in [2.75, 3.05) is 14.2 Å². The van der Waals surface area contributed by atoms with Gasteiger partial charge >= 0.3 is 0 Å². The summed E-state index contributed by atoms with van der Waals surface area (Å²) in [6.45, 7) is 6.98. The Morgan fingerprint density at radius 2 is 1.22 bits per heavy atom. The van der Waals surface area contributed by atoms with Crippen LogP contribution in [0.3, 0.4) is 0 Å². The summed E-state index contributed by atoms with van der Waals surface area (Å²) < 4.78 is 10.4. The first-order chi connectivity index (χ1) is 11.2. The fourth-order valence-electron chi connectivity index (χ4n) is 2.96. The molecule has 0 amide bonds. The first kappa shape index (κ1) is 19.3. The van der Waals surface area contributed by atoms with Crippen molar-refractivity contribution in [2.24, 2.45) is 0 Å². The van der Waals surface area contributed by atoms with E-state index >= 15 is 0 Å². The minimum absolute atomic E-state index is 0.910. The second-order valence-electron chi connectivity index (χ2n) is 5.56. The van der Waals surface area contributed by atoms with Crippen molar-refractivity contribution in [1.29, 1.82) is 0 Å². The molecule has 0 unspecified atom stereocenters. The summed E-state index contributed by atoms with van der Waals surface area (Å²) in [5.41, 5.74) is 0. The average Bonchev–Trinajstić information content (AvgIpc) is 2.65. The summed E-state index contributed by atoms with van der Waals surface area (Å²) in [5, 5.41) is 1.50. The Bertz CT molecular complexity index is 542.